The normalized spacial score (nSPS) is 31.6. The van der Waals surface area contributed by atoms with Gasteiger partial charge in [-0.3, -0.25) is 0 Å². The second kappa shape index (κ2) is 8.00. The lowest BCUT2D eigenvalue weighted by molar-refractivity contribution is -0.366. The summed E-state index contributed by atoms with van der Waals surface area (Å²) >= 11 is 6.12. The van der Waals surface area contributed by atoms with Crippen molar-refractivity contribution in [1.29, 1.82) is 0 Å². The molecule has 27 heavy (non-hydrogen) atoms. The first kappa shape index (κ1) is 22.0. The Kier molecular flexibility index (Phi) is 6.53. The molecule has 1 aliphatic heterocycles. The van der Waals surface area contributed by atoms with Crippen molar-refractivity contribution in [3.63, 3.8) is 0 Å². The SMILES string of the molecule is COC1(c2ccc(Cl)c(C(=O)OC(C)(C)C)c2)OC(CO)[C@@H](O)C(O)[C@H]1O. The molecule has 8 nitrogen and oxygen atoms in total. The summed E-state index contributed by atoms with van der Waals surface area (Å²) in [5.74, 6) is -2.63. The van der Waals surface area contributed by atoms with Gasteiger partial charge in [-0.25, -0.2) is 4.79 Å². The molecular weight excluding hydrogens is 380 g/mol. The molecular formula is C18H25ClO8. The fourth-order valence-corrected chi connectivity index (χ4v) is 3.09. The van der Waals surface area contributed by atoms with Gasteiger partial charge in [0.25, 0.3) is 0 Å². The maximum Gasteiger partial charge on any atom is 0.340 e. The van der Waals surface area contributed by atoms with Crippen molar-refractivity contribution in [2.24, 2.45) is 0 Å². The quantitative estimate of drug-likeness (QED) is 0.536. The number of ether oxygens (including phenoxy) is 3. The van der Waals surface area contributed by atoms with Crippen LogP contribution in [0.1, 0.15) is 36.7 Å². The monoisotopic (exact) mass is 404 g/mol. The van der Waals surface area contributed by atoms with E-state index < -0.39 is 48.4 Å². The molecule has 3 unspecified atom stereocenters. The number of carbonyl (C=O) groups excluding carboxylic acids is 1. The van der Waals surface area contributed by atoms with Crippen LogP contribution in [0.5, 0.6) is 0 Å². The van der Waals surface area contributed by atoms with E-state index in [4.69, 9.17) is 25.8 Å². The van der Waals surface area contributed by atoms with Gasteiger partial charge in [-0.2, -0.15) is 0 Å². The van der Waals surface area contributed by atoms with Crippen LogP contribution in [-0.4, -0.2) is 70.1 Å². The number of hydrogen-bond acceptors (Lipinski definition) is 8. The van der Waals surface area contributed by atoms with Crippen molar-refractivity contribution in [2.75, 3.05) is 13.7 Å². The van der Waals surface area contributed by atoms with Gasteiger partial charge in [0.1, 0.15) is 30.0 Å². The number of carbonyl (C=O) groups is 1. The van der Waals surface area contributed by atoms with E-state index in [0.717, 1.165) is 0 Å². The number of benzene rings is 1. The third-order valence-corrected chi connectivity index (χ3v) is 4.57. The van der Waals surface area contributed by atoms with E-state index in [1.165, 1.54) is 25.3 Å². The standard InChI is InChI=1S/C18H25ClO8/c1-17(2,3)27-16(24)10-7-9(5-6-11(10)19)18(25-4)15(23)14(22)13(21)12(8-20)26-18/h5-7,12-15,20-23H,8H2,1-4H3/t12?,13-,14?,15-,18?/m1/s1. The van der Waals surface area contributed by atoms with Gasteiger partial charge >= 0.3 is 5.97 Å². The Balaban J connectivity index is 2.51. The molecule has 1 saturated heterocycles. The first-order valence-corrected chi connectivity index (χ1v) is 8.76. The number of aliphatic hydroxyl groups excluding tert-OH is 4. The second-order valence-electron chi connectivity index (χ2n) is 7.33. The van der Waals surface area contributed by atoms with Gasteiger partial charge in [0.05, 0.1) is 17.2 Å². The molecule has 1 fully saturated rings. The average molecular weight is 405 g/mol. The van der Waals surface area contributed by atoms with Crippen LogP contribution in [0.4, 0.5) is 0 Å². The Hall–Kier alpha value is -1.26. The zero-order chi connectivity index (χ0) is 20.6. The molecule has 1 aromatic carbocycles. The summed E-state index contributed by atoms with van der Waals surface area (Å²) in [6.07, 6.45) is -6.10. The summed E-state index contributed by atoms with van der Waals surface area (Å²) in [4.78, 5) is 12.4. The number of methoxy groups -OCH3 is 1. The Morgan fingerprint density at radius 3 is 2.41 bits per heavy atom. The third-order valence-electron chi connectivity index (χ3n) is 4.24. The minimum atomic E-state index is -1.94. The summed E-state index contributed by atoms with van der Waals surface area (Å²) < 4.78 is 16.3. The molecule has 5 atom stereocenters. The van der Waals surface area contributed by atoms with Crippen LogP contribution in [0.15, 0.2) is 18.2 Å². The molecule has 0 saturated carbocycles. The predicted octanol–water partition coefficient (Wildman–Crippen LogP) is 0.568. The van der Waals surface area contributed by atoms with Crippen LogP contribution in [0.3, 0.4) is 0 Å². The highest BCUT2D eigenvalue weighted by Crippen LogP contribution is 2.40. The Bertz CT molecular complexity index is 686. The fourth-order valence-electron chi connectivity index (χ4n) is 2.90. The highest BCUT2D eigenvalue weighted by molar-refractivity contribution is 6.33. The summed E-state index contributed by atoms with van der Waals surface area (Å²) in [6, 6.07) is 4.17. The molecule has 4 N–H and O–H groups in total. The molecule has 152 valence electrons. The van der Waals surface area contributed by atoms with E-state index in [-0.39, 0.29) is 16.1 Å². The van der Waals surface area contributed by atoms with Crippen molar-refractivity contribution >= 4 is 17.6 Å². The number of aliphatic hydroxyl groups is 4. The van der Waals surface area contributed by atoms with Crippen LogP contribution in [-0.2, 0) is 20.0 Å². The molecule has 1 heterocycles. The summed E-state index contributed by atoms with van der Waals surface area (Å²) in [5, 5.41) is 40.2. The molecule has 0 bridgehead atoms. The number of halogens is 1. The molecule has 0 amide bonds. The van der Waals surface area contributed by atoms with Crippen molar-refractivity contribution in [3.8, 4) is 0 Å². The van der Waals surface area contributed by atoms with E-state index in [0.29, 0.717) is 0 Å². The number of esters is 1. The lowest BCUT2D eigenvalue weighted by Gasteiger charge is -2.47. The smallest absolute Gasteiger partial charge is 0.340 e. The van der Waals surface area contributed by atoms with Gasteiger partial charge in [0.2, 0.25) is 5.79 Å². The van der Waals surface area contributed by atoms with Crippen LogP contribution in [0.25, 0.3) is 0 Å². The van der Waals surface area contributed by atoms with Crippen molar-refractivity contribution in [2.45, 2.75) is 56.6 Å². The third kappa shape index (κ3) is 4.27. The van der Waals surface area contributed by atoms with Gasteiger partial charge in [-0.15, -0.1) is 0 Å². The van der Waals surface area contributed by atoms with E-state index in [2.05, 4.69) is 0 Å². The lowest BCUT2D eigenvalue weighted by Crippen LogP contribution is -2.64. The maximum atomic E-state index is 12.4. The zero-order valence-electron chi connectivity index (χ0n) is 15.5. The predicted molar refractivity (Wildman–Crippen MR) is 95.3 cm³/mol. The Morgan fingerprint density at radius 1 is 1.26 bits per heavy atom. The van der Waals surface area contributed by atoms with E-state index in [9.17, 15) is 25.2 Å². The van der Waals surface area contributed by atoms with Crippen molar-refractivity contribution in [1.82, 2.24) is 0 Å². The first-order valence-electron chi connectivity index (χ1n) is 8.38. The summed E-state index contributed by atoms with van der Waals surface area (Å²) in [7, 11) is 1.23. The Labute approximate surface area is 162 Å². The first-order chi connectivity index (χ1) is 12.5. The van der Waals surface area contributed by atoms with Crippen LogP contribution in [0, 0.1) is 0 Å². The number of hydrogen-bond donors (Lipinski definition) is 4. The van der Waals surface area contributed by atoms with Crippen LogP contribution < -0.4 is 0 Å². The zero-order valence-corrected chi connectivity index (χ0v) is 16.3. The lowest BCUT2D eigenvalue weighted by atomic mass is 9.87. The Morgan fingerprint density at radius 2 is 1.89 bits per heavy atom. The van der Waals surface area contributed by atoms with E-state index in [1.807, 2.05) is 0 Å². The maximum absolute atomic E-state index is 12.4. The van der Waals surface area contributed by atoms with Crippen LogP contribution in [0.2, 0.25) is 5.02 Å². The largest absolute Gasteiger partial charge is 0.456 e. The van der Waals surface area contributed by atoms with Crippen molar-refractivity contribution < 1.29 is 39.4 Å². The van der Waals surface area contributed by atoms with E-state index in [1.54, 1.807) is 20.8 Å². The molecule has 0 aromatic heterocycles. The minimum absolute atomic E-state index is 0.0116. The summed E-state index contributed by atoms with van der Waals surface area (Å²) in [5.41, 5.74) is -0.581. The van der Waals surface area contributed by atoms with Gasteiger partial charge in [0, 0.05) is 12.7 Å². The van der Waals surface area contributed by atoms with Crippen LogP contribution >= 0.6 is 11.6 Å². The van der Waals surface area contributed by atoms with E-state index >= 15 is 0 Å². The summed E-state index contributed by atoms with van der Waals surface area (Å²) in [6.45, 7) is 4.49. The van der Waals surface area contributed by atoms with Gasteiger partial charge < -0.3 is 34.6 Å². The average Bonchev–Trinajstić information content (AvgIpc) is 2.59. The molecule has 1 aliphatic rings. The highest BCUT2D eigenvalue weighted by Gasteiger charge is 2.55. The molecule has 0 aliphatic carbocycles. The molecule has 0 spiro atoms. The highest BCUT2D eigenvalue weighted by atomic mass is 35.5. The van der Waals surface area contributed by atoms with Gasteiger partial charge in [-0.05, 0) is 32.9 Å². The number of rotatable bonds is 4. The van der Waals surface area contributed by atoms with Gasteiger partial charge in [-0.1, -0.05) is 17.7 Å². The molecule has 2 rings (SSSR count). The second-order valence-corrected chi connectivity index (χ2v) is 7.74. The van der Waals surface area contributed by atoms with Crippen molar-refractivity contribution in [3.05, 3.63) is 34.3 Å². The fraction of sp³-hybridized carbons (Fsp3) is 0.611. The van der Waals surface area contributed by atoms with Gasteiger partial charge in [0.15, 0.2) is 0 Å². The minimum Gasteiger partial charge on any atom is -0.456 e. The molecule has 0 radical (unpaired) electrons. The topological polar surface area (TPSA) is 126 Å². The molecule has 9 heteroatoms. The molecule has 1 aromatic rings.